The van der Waals surface area contributed by atoms with Crippen molar-refractivity contribution in [3.05, 3.63) is 0 Å². The van der Waals surface area contributed by atoms with Crippen LogP contribution in [0.5, 0.6) is 0 Å². The van der Waals surface area contributed by atoms with Crippen LogP contribution in [0.2, 0.25) is 0 Å². The largest absolute Gasteiger partial charge is 0.316 e. The molecule has 0 spiro atoms. The highest BCUT2D eigenvalue weighted by Gasteiger charge is 2.33. The highest BCUT2D eigenvalue weighted by Crippen LogP contribution is 2.22. The molecule has 2 heterocycles. The Morgan fingerprint density at radius 3 is 2.56 bits per heavy atom. The van der Waals surface area contributed by atoms with E-state index in [-0.39, 0.29) is 0 Å². The molecule has 94 valence electrons. The molecule has 0 bridgehead atoms. The Morgan fingerprint density at radius 2 is 2.00 bits per heavy atom. The van der Waals surface area contributed by atoms with Gasteiger partial charge in [-0.25, -0.2) is 0 Å². The average molecular weight is 225 g/mol. The molecule has 2 unspecified atom stereocenters. The molecule has 1 N–H and O–H groups in total. The van der Waals surface area contributed by atoms with Gasteiger partial charge in [-0.3, -0.25) is 9.80 Å². The van der Waals surface area contributed by atoms with Crippen molar-refractivity contribution in [2.45, 2.75) is 26.3 Å². The lowest BCUT2D eigenvalue weighted by molar-refractivity contribution is 0.0307. The first-order valence-corrected chi connectivity index (χ1v) is 6.63. The van der Waals surface area contributed by atoms with Crippen LogP contribution in [-0.2, 0) is 0 Å². The molecule has 2 fully saturated rings. The van der Waals surface area contributed by atoms with Crippen LogP contribution in [-0.4, -0.2) is 61.7 Å². The Balaban J connectivity index is 1.87. The zero-order valence-electron chi connectivity index (χ0n) is 11.3. The molecule has 0 saturated carbocycles. The molecular weight excluding hydrogens is 198 g/mol. The summed E-state index contributed by atoms with van der Waals surface area (Å²) in [5, 5.41) is 3.50. The van der Waals surface area contributed by atoms with Crippen molar-refractivity contribution in [2.75, 3.05) is 46.3 Å². The van der Waals surface area contributed by atoms with E-state index < -0.39 is 0 Å². The van der Waals surface area contributed by atoms with Crippen molar-refractivity contribution >= 4 is 0 Å². The molecule has 2 aliphatic rings. The standard InChI is InChI=1S/C13H27N3/c1-11-7-14-8-12(11)9-16-6-5-15(4)13(2,3)10-16/h11-12,14H,5-10H2,1-4H3. The third kappa shape index (κ3) is 2.58. The number of likely N-dealkylation sites (N-methyl/N-ethyl adjacent to an activating group) is 1. The van der Waals surface area contributed by atoms with Gasteiger partial charge in [-0.05, 0) is 45.8 Å². The highest BCUT2D eigenvalue weighted by atomic mass is 15.3. The maximum absolute atomic E-state index is 3.50. The minimum absolute atomic E-state index is 0.341. The molecule has 3 heteroatoms. The van der Waals surface area contributed by atoms with Gasteiger partial charge in [-0.1, -0.05) is 6.92 Å². The van der Waals surface area contributed by atoms with Crippen LogP contribution in [0.1, 0.15) is 20.8 Å². The van der Waals surface area contributed by atoms with E-state index in [4.69, 9.17) is 0 Å². The zero-order valence-corrected chi connectivity index (χ0v) is 11.3. The summed E-state index contributed by atoms with van der Waals surface area (Å²) >= 11 is 0. The van der Waals surface area contributed by atoms with E-state index in [0.717, 1.165) is 11.8 Å². The first-order chi connectivity index (χ1) is 7.49. The maximum Gasteiger partial charge on any atom is 0.0277 e. The summed E-state index contributed by atoms with van der Waals surface area (Å²) in [6, 6.07) is 0. The molecule has 0 amide bonds. The predicted octanol–water partition coefficient (Wildman–Crippen LogP) is 0.868. The second-order valence-electron chi connectivity index (χ2n) is 6.36. The summed E-state index contributed by atoms with van der Waals surface area (Å²) in [5.74, 6) is 1.71. The van der Waals surface area contributed by atoms with E-state index in [1.54, 1.807) is 0 Å². The van der Waals surface area contributed by atoms with Gasteiger partial charge in [0.15, 0.2) is 0 Å². The van der Waals surface area contributed by atoms with Crippen molar-refractivity contribution < 1.29 is 0 Å². The highest BCUT2D eigenvalue weighted by molar-refractivity contribution is 4.90. The van der Waals surface area contributed by atoms with Crippen LogP contribution in [0.4, 0.5) is 0 Å². The van der Waals surface area contributed by atoms with Gasteiger partial charge in [0, 0.05) is 31.7 Å². The van der Waals surface area contributed by atoms with E-state index in [9.17, 15) is 0 Å². The molecular formula is C13H27N3. The summed E-state index contributed by atoms with van der Waals surface area (Å²) in [5.41, 5.74) is 0.341. The molecule has 2 aliphatic heterocycles. The van der Waals surface area contributed by atoms with Crippen molar-refractivity contribution in [1.82, 2.24) is 15.1 Å². The van der Waals surface area contributed by atoms with E-state index in [1.807, 2.05) is 0 Å². The van der Waals surface area contributed by atoms with E-state index >= 15 is 0 Å². The lowest BCUT2D eigenvalue weighted by Gasteiger charge is -2.46. The topological polar surface area (TPSA) is 18.5 Å². The Bertz CT molecular complexity index is 239. The quantitative estimate of drug-likeness (QED) is 0.752. The number of hydrogen-bond acceptors (Lipinski definition) is 3. The van der Waals surface area contributed by atoms with Crippen molar-refractivity contribution in [2.24, 2.45) is 11.8 Å². The van der Waals surface area contributed by atoms with Gasteiger partial charge >= 0.3 is 0 Å². The van der Waals surface area contributed by atoms with E-state index in [0.29, 0.717) is 5.54 Å². The predicted molar refractivity (Wildman–Crippen MR) is 68.7 cm³/mol. The van der Waals surface area contributed by atoms with Gasteiger partial charge in [-0.15, -0.1) is 0 Å². The smallest absolute Gasteiger partial charge is 0.0277 e. The van der Waals surface area contributed by atoms with Gasteiger partial charge in [0.2, 0.25) is 0 Å². The maximum atomic E-state index is 3.50. The van der Waals surface area contributed by atoms with Crippen LogP contribution < -0.4 is 5.32 Å². The summed E-state index contributed by atoms with van der Waals surface area (Å²) in [7, 11) is 2.25. The third-order valence-corrected chi connectivity index (χ3v) is 4.57. The van der Waals surface area contributed by atoms with Gasteiger partial charge in [-0.2, -0.15) is 0 Å². The number of piperazine rings is 1. The molecule has 0 aromatic heterocycles. The molecule has 0 radical (unpaired) electrons. The average Bonchev–Trinajstić information content (AvgIpc) is 2.58. The summed E-state index contributed by atoms with van der Waals surface area (Å²) < 4.78 is 0. The molecule has 0 aromatic carbocycles. The second kappa shape index (κ2) is 4.63. The summed E-state index contributed by atoms with van der Waals surface area (Å²) in [4.78, 5) is 5.15. The van der Waals surface area contributed by atoms with Gasteiger partial charge < -0.3 is 5.32 Å². The fraction of sp³-hybridized carbons (Fsp3) is 1.00. The van der Waals surface area contributed by atoms with Crippen molar-refractivity contribution in [3.63, 3.8) is 0 Å². The Kier molecular flexibility index (Phi) is 3.57. The minimum Gasteiger partial charge on any atom is -0.316 e. The molecule has 2 rings (SSSR count). The number of nitrogens with zero attached hydrogens (tertiary/aromatic N) is 2. The van der Waals surface area contributed by atoms with E-state index in [1.165, 1.54) is 39.3 Å². The van der Waals surface area contributed by atoms with Crippen LogP contribution >= 0.6 is 0 Å². The molecule has 3 nitrogen and oxygen atoms in total. The van der Waals surface area contributed by atoms with Gasteiger partial charge in [0.25, 0.3) is 0 Å². The second-order valence-corrected chi connectivity index (χ2v) is 6.36. The number of rotatable bonds is 2. The Hall–Kier alpha value is -0.120. The van der Waals surface area contributed by atoms with Crippen LogP contribution in [0.25, 0.3) is 0 Å². The van der Waals surface area contributed by atoms with Crippen molar-refractivity contribution in [3.8, 4) is 0 Å². The molecule has 16 heavy (non-hydrogen) atoms. The summed E-state index contributed by atoms with van der Waals surface area (Å²) in [6.07, 6.45) is 0. The normalized spacial score (nSPS) is 36.8. The number of hydrogen-bond donors (Lipinski definition) is 1. The fourth-order valence-corrected chi connectivity index (χ4v) is 2.94. The molecule has 0 aromatic rings. The SMILES string of the molecule is CC1CNCC1CN1CCN(C)C(C)(C)C1. The van der Waals surface area contributed by atoms with Crippen LogP contribution in [0.15, 0.2) is 0 Å². The fourth-order valence-electron chi connectivity index (χ4n) is 2.94. The molecule has 2 saturated heterocycles. The van der Waals surface area contributed by atoms with Crippen LogP contribution in [0, 0.1) is 11.8 Å². The third-order valence-electron chi connectivity index (χ3n) is 4.57. The molecule has 2 atom stereocenters. The van der Waals surface area contributed by atoms with Crippen molar-refractivity contribution in [1.29, 1.82) is 0 Å². The Labute approximate surface area is 100 Å². The Morgan fingerprint density at radius 1 is 1.25 bits per heavy atom. The number of nitrogens with one attached hydrogen (secondary N) is 1. The molecule has 0 aliphatic carbocycles. The van der Waals surface area contributed by atoms with Gasteiger partial charge in [0.05, 0.1) is 0 Å². The monoisotopic (exact) mass is 225 g/mol. The summed E-state index contributed by atoms with van der Waals surface area (Å²) in [6.45, 7) is 14.5. The lowest BCUT2D eigenvalue weighted by Crippen LogP contribution is -2.58. The van der Waals surface area contributed by atoms with Crippen LogP contribution in [0.3, 0.4) is 0 Å². The lowest BCUT2D eigenvalue weighted by atomic mass is 9.94. The zero-order chi connectivity index (χ0) is 11.8. The van der Waals surface area contributed by atoms with E-state index in [2.05, 4.69) is 42.9 Å². The minimum atomic E-state index is 0.341. The van der Waals surface area contributed by atoms with Gasteiger partial charge in [0.1, 0.15) is 0 Å². The first-order valence-electron chi connectivity index (χ1n) is 6.63. The first kappa shape index (κ1) is 12.3.